The molecule has 6 heteroatoms. The molecule has 0 N–H and O–H groups in total. The molecule has 4 aliphatic rings. The van der Waals surface area contributed by atoms with Gasteiger partial charge in [0, 0.05) is 50.9 Å². The first kappa shape index (κ1) is 40.9. The number of carbonyl (C=O) groups excluding carboxylic acids is 2. The molecular formula is C48H72NO5+. The second-order valence-corrected chi connectivity index (χ2v) is 17.4. The number of hydrogen-bond donors (Lipinski definition) is 0. The SMILES string of the molecule is CCCCCCCCCCCCCCCC(=O)OC(OC(C(=O)OC1CC2CCC(C1)[N+]21CCCC1)(c1ccccc1)c1ccccc1)C1CCCCC1. The number of benzene rings is 2. The third kappa shape index (κ3) is 10.4. The molecular weight excluding hydrogens is 671 g/mol. The lowest BCUT2D eigenvalue weighted by Gasteiger charge is -2.47. The van der Waals surface area contributed by atoms with Crippen LogP contribution in [-0.2, 0) is 29.4 Å². The van der Waals surface area contributed by atoms with E-state index in [-0.39, 0.29) is 24.0 Å². The molecule has 1 spiro atoms. The highest BCUT2D eigenvalue weighted by Gasteiger charge is 2.57. The first-order chi connectivity index (χ1) is 26.5. The molecule has 2 aromatic rings. The van der Waals surface area contributed by atoms with Gasteiger partial charge in [-0.1, -0.05) is 164 Å². The molecule has 3 atom stereocenters. The minimum Gasteiger partial charge on any atom is -0.459 e. The van der Waals surface area contributed by atoms with Gasteiger partial charge in [-0.3, -0.25) is 4.79 Å². The number of hydrogen-bond acceptors (Lipinski definition) is 5. The zero-order valence-corrected chi connectivity index (χ0v) is 33.7. The molecule has 1 saturated carbocycles. The van der Waals surface area contributed by atoms with Gasteiger partial charge in [0.25, 0.3) is 0 Å². The molecule has 298 valence electrons. The van der Waals surface area contributed by atoms with Crippen molar-refractivity contribution in [2.45, 2.75) is 198 Å². The summed E-state index contributed by atoms with van der Waals surface area (Å²) in [7, 11) is 0. The highest BCUT2D eigenvalue weighted by molar-refractivity contribution is 5.86. The molecule has 2 bridgehead atoms. The summed E-state index contributed by atoms with van der Waals surface area (Å²) < 4.78 is 21.5. The van der Waals surface area contributed by atoms with Crippen molar-refractivity contribution in [3.8, 4) is 0 Å². The van der Waals surface area contributed by atoms with Gasteiger partial charge < -0.3 is 18.7 Å². The number of nitrogens with zero attached hydrogens (tertiary/aromatic N) is 1. The van der Waals surface area contributed by atoms with E-state index in [0.29, 0.717) is 18.5 Å². The number of unbranched alkanes of at least 4 members (excludes halogenated alkanes) is 12. The van der Waals surface area contributed by atoms with E-state index in [4.69, 9.17) is 14.2 Å². The predicted octanol–water partition coefficient (Wildman–Crippen LogP) is 11.7. The Labute approximate surface area is 327 Å². The van der Waals surface area contributed by atoms with E-state index < -0.39 is 11.9 Å². The van der Waals surface area contributed by atoms with Crippen molar-refractivity contribution in [2.24, 2.45) is 5.92 Å². The van der Waals surface area contributed by atoms with Crippen LogP contribution in [0.2, 0.25) is 0 Å². The van der Waals surface area contributed by atoms with Gasteiger partial charge in [-0.2, -0.15) is 0 Å². The summed E-state index contributed by atoms with van der Waals surface area (Å²) in [5, 5.41) is 0. The summed E-state index contributed by atoms with van der Waals surface area (Å²) in [6, 6.07) is 20.8. The standard InChI is InChI=1S/C48H72NO5/c1-2-3-4-5-6-7-8-9-10-11-12-13-23-32-45(50)53-46(39-26-17-14-18-27-39)54-48(40-28-19-15-20-29-40,41-30-21-16-22-31-41)47(51)52-44-37-42-33-34-43(38-44)49(42)35-24-25-36-49/h15-16,19-22,28-31,39,42-44,46H,2-14,17-18,23-27,32-38H2,1H3/q+1. The van der Waals surface area contributed by atoms with Crippen LogP contribution in [0.5, 0.6) is 0 Å². The van der Waals surface area contributed by atoms with Crippen LogP contribution in [0.3, 0.4) is 0 Å². The third-order valence-corrected chi connectivity index (χ3v) is 13.7. The summed E-state index contributed by atoms with van der Waals surface area (Å²) in [6.45, 7) is 4.84. The van der Waals surface area contributed by atoms with Crippen LogP contribution in [0, 0.1) is 5.92 Å². The lowest BCUT2D eigenvalue weighted by molar-refractivity contribution is -0.956. The van der Waals surface area contributed by atoms with Crippen molar-refractivity contribution < 1.29 is 28.3 Å². The monoisotopic (exact) mass is 743 g/mol. The number of esters is 2. The molecule has 3 aliphatic heterocycles. The van der Waals surface area contributed by atoms with E-state index in [1.54, 1.807) is 0 Å². The van der Waals surface area contributed by atoms with Crippen molar-refractivity contribution >= 4 is 11.9 Å². The minimum absolute atomic E-state index is 0.0268. The summed E-state index contributed by atoms with van der Waals surface area (Å²) in [5.74, 6) is -0.577. The fourth-order valence-corrected chi connectivity index (χ4v) is 10.7. The Hall–Kier alpha value is -2.70. The summed E-state index contributed by atoms with van der Waals surface area (Å²) in [4.78, 5) is 28.7. The lowest BCUT2D eigenvalue weighted by atomic mass is 9.84. The highest BCUT2D eigenvalue weighted by Crippen LogP contribution is 2.47. The second kappa shape index (κ2) is 21.0. The molecule has 1 aliphatic carbocycles. The zero-order chi connectivity index (χ0) is 37.5. The van der Waals surface area contributed by atoms with Gasteiger partial charge in [0.05, 0.1) is 25.2 Å². The Morgan fingerprint density at radius 1 is 0.648 bits per heavy atom. The normalized spacial score (nSPS) is 23.0. The van der Waals surface area contributed by atoms with Crippen molar-refractivity contribution in [1.29, 1.82) is 0 Å². The Morgan fingerprint density at radius 2 is 1.15 bits per heavy atom. The lowest BCUT2D eigenvalue weighted by Crippen LogP contribution is -2.60. The molecule has 0 amide bonds. The van der Waals surface area contributed by atoms with Crippen molar-refractivity contribution in [3.05, 3.63) is 71.8 Å². The minimum atomic E-state index is -1.56. The van der Waals surface area contributed by atoms with E-state index in [1.165, 1.54) is 114 Å². The van der Waals surface area contributed by atoms with Crippen LogP contribution < -0.4 is 0 Å². The van der Waals surface area contributed by atoms with Gasteiger partial charge >= 0.3 is 11.9 Å². The van der Waals surface area contributed by atoms with Crippen LogP contribution in [0.15, 0.2) is 60.7 Å². The Morgan fingerprint density at radius 3 is 1.67 bits per heavy atom. The van der Waals surface area contributed by atoms with Crippen LogP contribution in [0.4, 0.5) is 0 Å². The first-order valence-corrected chi connectivity index (χ1v) is 22.6. The van der Waals surface area contributed by atoms with Crippen molar-refractivity contribution in [2.75, 3.05) is 13.1 Å². The van der Waals surface area contributed by atoms with Crippen LogP contribution in [-0.4, -0.2) is 54.0 Å². The second-order valence-electron chi connectivity index (χ2n) is 17.4. The van der Waals surface area contributed by atoms with Crippen molar-refractivity contribution in [1.82, 2.24) is 0 Å². The number of piperidine rings is 1. The smallest absolute Gasteiger partial charge is 0.348 e. The Balaban J connectivity index is 1.12. The van der Waals surface area contributed by atoms with Gasteiger partial charge in [-0.15, -0.1) is 0 Å². The fraction of sp³-hybridized carbons (Fsp3) is 0.708. The number of rotatable bonds is 22. The first-order valence-electron chi connectivity index (χ1n) is 22.6. The van der Waals surface area contributed by atoms with Gasteiger partial charge in [0.2, 0.25) is 11.9 Å². The molecule has 6 rings (SSSR count). The largest absolute Gasteiger partial charge is 0.459 e. The Bertz CT molecular complexity index is 1330. The molecule has 3 heterocycles. The maximum atomic E-state index is 15.1. The molecule has 0 radical (unpaired) electrons. The molecule has 2 aromatic carbocycles. The maximum Gasteiger partial charge on any atom is 0.348 e. The van der Waals surface area contributed by atoms with Gasteiger partial charge in [-0.25, -0.2) is 4.79 Å². The average Bonchev–Trinajstić information content (AvgIpc) is 3.75. The molecule has 0 aromatic heterocycles. The number of quaternary nitrogens is 1. The topological polar surface area (TPSA) is 61.8 Å². The third-order valence-electron chi connectivity index (χ3n) is 13.7. The zero-order valence-electron chi connectivity index (χ0n) is 33.7. The van der Waals surface area contributed by atoms with E-state index >= 15 is 4.79 Å². The summed E-state index contributed by atoms with van der Waals surface area (Å²) in [5.41, 5.74) is -0.121. The predicted molar refractivity (Wildman–Crippen MR) is 217 cm³/mol. The number of carbonyl (C=O) groups is 2. The molecule has 3 saturated heterocycles. The van der Waals surface area contributed by atoms with E-state index in [0.717, 1.165) is 68.9 Å². The van der Waals surface area contributed by atoms with Crippen LogP contribution in [0.1, 0.15) is 179 Å². The molecule has 3 unspecified atom stereocenters. The Kier molecular flexibility index (Phi) is 15.9. The van der Waals surface area contributed by atoms with Crippen LogP contribution in [0.25, 0.3) is 0 Å². The van der Waals surface area contributed by atoms with Gasteiger partial charge in [0.1, 0.15) is 6.10 Å². The van der Waals surface area contributed by atoms with E-state index in [9.17, 15) is 4.79 Å². The van der Waals surface area contributed by atoms with Crippen LogP contribution >= 0.6 is 0 Å². The van der Waals surface area contributed by atoms with Gasteiger partial charge in [0.15, 0.2) is 0 Å². The summed E-state index contributed by atoms with van der Waals surface area (Å²) in [6.07, 6.45) is 27.9. The highest BCUT2D eigenvalue weighted by atomic mass is 16.7. The quantitative estimate of drug-likeness (QED) is 0.0520. The van der Waals surface area contributed by atoms with E-state index in [2.05, 4.69) is 6.92 Å². The van der Waals surface area contributed by atoms with Crippen molar-refractivity contribution in [3.63, 3.8) is 0 Å². The van der Waals surface area contributed by atoms with Gasteiger partial charge in [-0.05, 0) is 30.4 Å². The summed E-state index contributed by atoms with van der Waals surface area (Å²) >= 11 is 0. The molecule has 54 heavy (non-hydrogen) atoms. The van der Waals surface area contributed by atoms with E-state index in [1.807, 2.05) is 60.7 Å². The molecule has 4 fully saturated rings. The average molecular weight is 743 g/mol. The fourth-order valence-electron chi connectivity index (χ4n) is 10.7. The molecule has 6 nitrogen and oxygen atoms in total. The maximum absolute atomic E-state index is 15.1. The number of ether oxygens (including phenoxy) is 3.